The number of rotatable bonds is 7. The summed E-state index contributed by atoms with van der Waals surface area (Å²) in [6, 6.07) is 4.61. The second kappa shape index (κ2) is 9.88. The number of esters is 1. The Bertz CT molecular complexity index is 912. The van der Waals surface area contributed by atoms with E-state index in [0.29, 0.717) is 11.3 Å². The van der Waals surface area contributed by atoms with Crippen LogP contribution in [0.1, 0.15) is 55.0 Å². The summed E-state index contributed by atoms with van der Waals surface area (Å²) in [5.74, 6) is -0.329. The van der Waals surface area contributed by atoms with E-state index in [9.17, 15) is 19.6 Å². The number of carbonyl (C=O) groups excluding carboxylic acids is 1. The van der Waals surface area contributed by atoms with Crippen molar-refractivity contribution in [3.05, 3.63) is 47.5 Å². The van der Waals surface area contributed by atoms with E-state index in [-0.39, 0.29) is 29.3 Å². The number of aromatic hydroxyl groups is 1. The fraction of sp³-hybridized carbons (Fsp3) is 0.400. The molecule has 162 valence electrons. The highest BCUT2D eigenvalue weighted by Crippen LogP contribution is 2.29. The minimum Gasteiger partial charge on any atom is -0.591 e. The summed E-state index contributed by atoms with van der Waals surface area (Å²) >= 11 is -1.63. The molecule has 1 heterocycles. The van der Waals surface area contributed by atoms with Gasteiger partial charge in [-0.2, -0.15) is 0 Å². The molecule has 0 radical (unpaired) electrons. The number of aliphatic hydroxyl groups is 1. The molecule has 0 spiro atoms. The van der Waals surface area contributed by atoms with Crippen LogP contribution in [0.2, 0.25) is 0 Å². The Morgan fingerprint density at radius 3 is 2.47 bits per heavy atom. The molecule has 1 aromatic carbocycles. The first-order chi connectivity index (χ1) is 14.1. The van der Waals surface area contributed by atoms with Gasteiger partial charge in [0.2, 0.25) is 0 Å². The summed E-state index contributed by atoms with van der Waals surface area (Å²) in [4.78, 5) is 19.5. The maximum atomic E-state index is 12.6. The van der Waals surface area contributed by atoms with E-state index in [1.165, 1.54) is 32.7 Å². The van der Waals surface area contributed by atoms with E-state index in [2.05, 4.69) is 19.1 Å². The zero-order valence-electron chi connectivity index (χ0n) is 17.4. The molecular weight excluding hydrogens is 410 g/mol. The molecule has 0 saturated heterocycles. The van der Waals surface area contributed by atoms with E-state index < -0.39 is 28.2 Å². The van der Waals surface area contributed by atoms with Gasteiger partial charge in [-0.3, -0.25) is 4.98 Å². The predicted octanol–water partition coefficient (Wildman–Crippen LogP) is 2.35. The van der Waals surface area contributed by atoms with Gasteiger partial charge in [0.15, 0.2) is 5.69 Å². The molecule has 1 aromatic heterocycles. The molecule has 2 rings (SSSR count). The van der Waals surface area contributed by atoms with Gasteiger partial charge in [-0.25, -0.2) is 9.78 Å². The third kappa shape index (κ3) is 5.91. The summed E-state index contributed by atoms with van der Waals surface area (Å²) in [7, 11) is 2.70. The lowest BCUT2D eigenvalue weighted by atomic mass is 10.0. The van der Waals surface area contributed by atoms with E-state index in [0.717, 1.165) is 0 Å². The smallest absolute Gasteiger partial charge is 0.358 e. The van der Waals surface area contributed by atoms with Gasteiger partial charge in [-0.15, -0.1) is 0 Å². The summed E-state index contributed by atoms with van der Waals surface area (Å²) in [5, 5.41) is 21.0. The Balaban J connectivity index is 2.37. The lowest BCUT2D eigenvalue weighted by Gasteiger charge is -2.20. The Hall–Kier alpha value is -2.69. The van der Waals surface area contributed by atoms with Crippen molar-refractivity contribution in [3.8, 4) is 11.5 Å². The Morgan fingerprint density at radius 2 is 1.97 bits per heavy atom. The molecule has 0 amide bonds. The minimum absolute atomic E-state index is 0.00368. The van der Waals surface area contributed by atoms with Crippen LogP contribution in [-0.4, -0.2) is 55.4 Å². The Kier molecular flexibility index (Phi) is 7.77. The number of benzene rings is 1. The molecule has 9 nitrogen and oxygen atoms in total. The highest BCUT2D eigenvalue weighted by molar-refractivity contribution is 7.91. The topological polar surface area (TPSA) is 137 Å². The molecule has 0 bridgehead atoms. The van der Waals surface area contributed by atoms with Gasteiger partial charge < -0.3 is 24.2 Å². The number of phenols is 1. The molecule has 2 N–H and O–H groups in total. The van der Waals surface area contributed by atoms with Gasteiger partial charge in [-0.05, 0) is 32.9 Å². The number of nitrogens with zero attached hydrogens (tertiary/aromatic N) is 3. The largest absolute Gasteiger partial charge is 0.591 e. The van der Waals surface area contributed by atoms with Gasteiger partial charge in [0.1, 0.15) is 39.4 Å². The van der Waals surface area contributed by atoms with Crippen molar-refractivity contribution in [2.75, 3.05) is 14.2 Å². The number of hydrogen-bond donors (Lipinski definition) is 2. The van der Waals surface area contributed by atoms with Crippen molar-refractivity contribution in [1.82, 2.24) is 9.97 Å². The standard InChI is InChI=1S/C20H25N3O6S/c1-20(2,3)30(27)23-14(13-7-6-12(28-4)8-17(13)24)9-18(25)15-10-22-16(11-21-15)19(26)29-5/h6-8,10-11,18,24-25H,9H2,1-5H3/t18-,30?/m0/s1. The maximum Gasteiger partial charge on any atom is 0.358 e. The number of phenolic OH excluding ortho intramolecular Hbond substituents is 1. The zero-order valence-corrected chi connectivity index (χ0v) is 18.3. The lowest BCUT2D eigenvalue weighted by molar-refractivity contribution is 0.0593. The normalized spacial score (nSPS) is 14.2. The molecule has 0 aliphatic rings. The van der Waals surface area contributed by atoms with Crippen molar-refractivity contribution in [3.63, 3.8) is 0 Å². The first-order valence-electron chi connectivity index (χ1n) is 9.02. The highest BCUT2D eigenvalue weighted by Gasteiger charge is 2.29. The first kappa shape index (κ1) is 23.6. The molecule has 2 aromatic rings. The molecule has 0 fully saturated rings. The van der Waals surface area contributed by atoms with Gasteiger partial charge in [0, 0.05) is 18.1 Å². The van der Waals surface area contributed by atoms with Crippen LogP contribution in [0.15, 0.2) is 35.0 Å². The third-order valence-corrected chi connectivity index (χ3v) is 5.46. The van der Waals surface area contributed by atoms with Gasteiger partial charge in [-0.1, -0.05) is 4.40 Å². The molecular formula is C20H25N3O6S. The molecule has 0 aliphatic carbocycles. The van der Waals surface area contributed by atoms with Crippen LogP contribution in [0.4, 0.5) is 0 Å². The molecule has 10 heteroatoms. The van der Waals surface area contributed by atoms with Crippen LogP contribution in [-0.2, 0) is 16.1 Å². The second-order valence-electron chi connectivity index (χ2n) is 7.32. The number of aromatic nitrogens is 2. The molecule has 0 saturated carbocycles. The lowest BCUT2D eigenvalue weighted by Crippen LogP contribution is -2.27. The number of aliphatic hydroxyl groups excluding tert-OH is 1. The average molecular weight is 436 g/mol. The van der Waals surface area contributed by atoms with Gasteiger partial charge >= 0.3 is 5.97 Å². The Labute approximate surface area is 178 Å². The SMILES string of the molecule is COC(=O)c1cnc([C@@H](O)CC(=N[S+]([O-])C(C)(C)C)c2ccc(OC)cc2O)cn1. The minimum atomic E-state index is -1.63. The van der Waals surface area contributed by atoms with Gasteiger partial charge in [0.25, 0.3) is 0 Å². The first-order valence-corrected chi connectivity index (χ1v) is 10.1. The maximum absolute atomic E-state index is 12.6. The quantitative estimate of drug-likeness (QED) is 0.384. The number of carbonyl (C=O) groups is 1. The van der Waals surface area contributed by atoms with Crippen molar-refractivity contribution in [1.29, 1.82) is 0 Å². The summed E-state index contributed by atoms with van der Waals surface area (Å²) < 4.78 is 25.9. The predicted molar refractivity (Wildman–Crippen MR) is 112 cm³/mol. The van der Waals surface area contributed by atoms with E-state index >= 15 is 0 Å². The summed E-state index contributed by atoms with van der Waals surface area (Å²) in [6.45, 7) is 5.31. The average Bonchev–Trinajstić information content (AvgIpc) is 2.71. The van der Waals surface area contributed by atoms with Crippen LogP contribution >= 0.6 is 0 Å². The highest BCUT2D eigenvalue weighted by atomic mass is 32.2. The monoisotopic (exact) mass is 435 g/mol. The van der Waals surface area contributed by atoms with Crippen LogP contribution in [0, 0.1) is 0 Å². The zero-order chi connectivity index (χ0) is 22.5. The fourth-order valence-corrected chi connectivity index (χ4v) is 2.97. The summed E-state index contributed by atoms with van der Waals surface area (Å²) in [5.41, 5.74) is 0.732. The molecule has 0 aliphatic heterocycles. The van der Waals surface area contributed by atoms with E-state index in [4.69, 9.17) is 4.74 Å². The van der Waals surface area contributed by atoms with E-state index in [1.54, 1.807) is 32.9 Å². The molecule has 30 heavy (non-hydrogen) atoms. The van der Waals surface area contributed by atoms with Crippen LogP contribution in [0.25, 0.3) is 0 Å². The number of hydrogen-bond acceptors (Lipinski definition) is 9. The second-order valence-corrected chi connectivity index (χ2v) is 9.23. The molecule has 1 unspecified atom stereocenters. The van der Waals surface area contributed by atoms with E-state index in [1.807, 2.05) is 0 Å². The van der Waals surface area contributed by atoms with Gasteiger partial charge in [0.05, 0.1) is 32.3 Å². The van der Waals surface area contributed by atoms with Crippen molar-refractivity contribution in [2.24, 2.45) is 4.40 Å². The van der Waals surface area contributed by atoms with Crippen molar-refractivity contribution < 1.29 is 29.0 Å². The molecule has 2 atom stereocenters. The van der Waals surface area contributed by atoms with Crippen molar-refractivity contribution in [2.45, 2.75) is 38.0 Å². The number of ether oxygens (including phenoxy) is 2. The van der Waals surface area contributed by atoms with Crippen LogP contribution in [0.3, 0.4) is 0 Å². The third-order valence-electron chi connectivity index (χ3n) is 4.03. The van der Waals surface area contributed by atoms with Crippen molar-refractivity contribution >= 4 is 23.0 Å². The van der Waals surface area contributed by atoms with Crippen LogP contribution in [0.5, 0.6) is 11.5 Å². The fourth-order valence-electron chi connectivity index (χ4n) is 2.32. The Morgan fingerprint density at radius 1 is 1.27 bits per heavy atom. The number of methoxy groups -OCH3 is 2. The van der Waals surface area contributed by atoms with Crippen LogP contribution < -0.4 is 4.74 Å². The summed E-state index contributed by atoms with van der Waals surface area (Å²) in [6.07, 6.45) is 1.19.